The second kappa shape index (κ2) is 5.76. The van der Waals surface area contributed by atoms with Gasteiger partial charge in [0.15, 0.2) is 0 Å². The van der Waals surface area contributed by atoms with Gasteiger partial charge in [-0.15, -0.1) is 0 Å². The molecule has 2 aromatic carbocycles. The minimum atomic E-state index is 0.0342. The first kappa shape index (κ1) is 14.5. The topological polar surface area (TPSA) is 38.5 Å². The Morgan fingerprint density at radius 1 is 1.19 bits per heavy atom. The van der Waals surface area contributed by atoms with Crippen molar-refractivity contribution in [2.45, 2.75) is 25.4 Å². The van der Waals surface area contributed by atoms with Gasteiger partial charge in [0, 0.05) is 24.7 Å². The van der Waals surface area contributed by atoms with E-state index < -0.39 is 0 Å². The van der Waals surface area contributed by atoms with Gasteiger partial charge in [-0.25, -0.2) is 0 Å². The van der Waals surface area contributed by atoms with Gasteiger partial charge in [-0.1, -0.05) is 36.4 Å². The molecule has 1 aliphatic rings. The molecular weight excluding hydrogens is 260 g/mol. The minimum Gasteiger partial charge on any atom is -0.378 e. The summed E-state index contributed by atoms with van der Waals surface area (Å²) in [6, 6.07) is 15.0. The molecule has 2 aromatic rings. The minimum absolute atomic E-state index is 0.0342. The first-order chi connectivity index (χ1) is 10.1. The zero-order chi connectivity index (χ0) is 14.9. The molecule has 0 amide bonds. The molecule has 3 nitrogen and oxygen atoms in total. The van der Waals surface area contributed by atoms with Crippen LogP contribution in [0, 0.1) is 0 Å². The molecule has 0 bridgehead atoms. The number of benzene rings is 2. The van der Waals surface area contributed by atoms with E-state index in [1.807, 2.05) is 0 Å². The van der Waals surface area contributed by atoms with Crippen LogP contribution in [-0.2, 0) is 4.74 Å². The van der Waals surface area contributed by atoms with Crippen molar-refractivity contribution in [2.24, 2.45) is 5.73 Å². The summed E-state index contributed by atoms with van der Waals surface area (Å²) >= 11 is 0. The summed E-state index contributed by atoms with van der Waals surface area (Å²) < 4.78 is 5.58. The van der Waals surface area contributed by atoms with Gasteiger partial charge in [-0.3, -0.25) is 4.90 Å². The average molecular weight is 284 g/mol. The zero-order valence-corrected chi connectivity index (χ0v) is 12.9. The summed E-state index contributed by atoms with van der Waals surface area (Å²) in [5.74, 6) is 0. The molecule has 21 heavy (non-hydrogen) atoms. The average Bonchev–Trinajstić information content (AvgIpc) is 2.48. The molecule has 1 saturated heterocycles. The Balaban J connectivity index is 1.78. The van der Waals surface area contributed by atoms with E-state index in [1.165, 1.54) is 16.3 Å². The normalized spacial score (nSPS) is 20.5. The van der Waals surface area contributed by atoms with Crippen molar-refractivity contribution in [3.63, 3.8) is 0 Å². The van der Waals surface area contributed by atoms with Gasteiger partial charge in [0.05, 0.1) is 13.2 Å². The fraction of sp³-hybridized carbons (Fsp3) is 0.444. The Labute approximate surface area is 126 Å². The molecule has 0 radical (unpaired) electrons. The molecule has 1 unspecified atom stereocenters. The summed E-state index contributed by atoms with van der Waals surface area (Å²) in [4.78, 5) is 2.44. The fourth-order valence-corrected chi connectivity index (χ4v) is 3.01. The van der Waals surface area contributed by atoms with Gasteiger partial charge in [-0.2, -0.15) is 0 Å². The molecule has 1 aliphatic heterocycles. The standard InChI is InChI=1S/C18H24N2O/c1-18(2)13-21-10-9-20(18)12-17(19)16-8-7-14-5-3-4-6-15(14)11-16/h3-8,11,17H,9-10,12-13,19H2,1-2H3. The number of hydrogen-bond donors (Lipinski definition) is 1. The summed E-state index contributed by atoms with van der Waals surface area (Å²) in [5, 5.41) is 2.52. The Morgan fingerprint density at radius 3 is 2.71 bits per heavy atom. The van der Waals surface area contributed by atoms with Crippen LogP contribution in [0.2, 0.25) is 0 Å². The number of morpholine rings is 1. The van der Waals surface area contributed by atoms with Gasteiger partial charge >= 0.3 is 0 Å². The van der Waals surface area contributed by atoms with E-state index in [9.17, 15) is 0 Å². The quantitative estimate of drug-likeness (QED) is 0.942. The first-order valence-corrected chi connectivity index (χ1v) is 7.63. The zero-order valence-electron chi connectivity index (χ0n) is 12.9. The van der Waals surface area contributed by atoms with E-state index >= 15 is 0 Å². The highest BCUT2D eigenvalue weighted by Crippen LogP contribution is 2.24. The van der Waals surface area contributed by atoms with Crippen LogP contribution < -0.4 is 5.73 Å². The summed E-state index contributed by atoms with van der Waals surface area (Å²) in [6.07, 6.45) is 0. The monoisotopic (exact) mass is 284 g/mol. The summed E-state index contributed by atoms with van der Waals surface area (Å²) in [6.45, 7) is 7.84. The van der Waals surface area contributed by atoms with E-state index in [2.05, 4.69) is 61.2 Å². The lowest BCUT2D eigenvalue weighted by Gasteiger charge is -2.43. The highest BCUT2D eigenvalue weighted by Gasteiger charge is 2.31. The molecule has 2 N–H and O–H groups in total. The maximum atomic E-state index is 6.46. The maximum Gasteiger partial charge on any atom is 0.0645 e. The van der Waals surface area contributed by atoms with Crippen LogP contribution in [0.1, 0.15) is 25.5 Å². The maximum absolute atomic E-state index is 6.46. The second-order valence-electron chi connectivity index (χ2n) is 6.52. The van der Waals surface area contributed by atoms with Crippen LogP contribution in [-0.4, -0.2) is 36.7 Å². The third-order valence-corrected chi connectivity index (χ3v) is 4.44. The largest absolute Gasteiger partial charge is 0.378 e. The molecule has 1 heterocycles. The molecule has 0 aliphatic carbocycles. The third-order valence-electron chi connectivity index (χ3n) is 4.44. The van der Waals surface area contributed by atoms with Gasteiger partial charge in [-0.05, 0) is 36.2 Å². The summed E-state index contributed by atoms with van der Waals surface area (Å²) in [7, 11) is 0. The molecule has 1 atom stereocenters. The van der Waals surface area contributed by atoms with Crippen molar-refractivity contribution in [1.82, 2.24) is 4.90 Å². The molecule has 0 spiro atoms. The van der Waals surface area contributed by atoms with Crippen molar-refractivity contribution in [1.29, 1.82) is 0 Å². The van der Waals surface area contributed by atoms with E-state index in [0.717, 1.165) is 26.3 Å². The van der Waals surface area contributed by atoms with Gasteiger partial charge in [0.2, 0.25) is 0 Å². The summed E-state index contributed by atoms with van der Waals surface area (Å²) in [5.41, 5.74) is 7.72. The number of hydrogen-bond acceptors (Lipinski definition) is 3. The molecule has 1 fully saturated rings. The molecule has 3 rings (SSSR count). The number of nitrogens with two attached hydrogens (primary N) is 1. The second-order valence-corrected chi connectivity index (χ2v) is 6.52. The number of nitrogens with zero attached hydrogens (tertiary/aromatic N) is 1. The lowest BCUT2D eigenvalue weighted by Crippen LogP contribution is -2.54. The lowest BCUT2D eigenvalue weighted by atomic mass is 9.98. The number of ether oxygens (including phenoxy) is 1. The van der Waals surface area contributed by atoms with E-state index in [4.69, 9.17) is 10.5 Å². The SMILES string of the molecule is CC1(C)COCCN1CC(N)c1ccc2ccccc2c1. The van der Waals surface area contributed by atoms with Crippen LogP contribution in [0.5, 0.6) is 0 Å². The molecule has 112 valence electrons. The van der Waals surface area contributed by atoms with Crippen molar-refractivity contribution < 1.29 is 4.74 Å². The molecule has 3 heteroatoms. The molecule has 0 saturated carbocycles. The predicted octanol–water partition coefficient (Wildman–Crippen LogP) is 2.95. The van der Waals surface area contributed by atoms with Crippen molar-refractivity contribution >= 4 is 10.8 Å². The Bertz CT molecular complexity index is 623. The van der Waals surface area contributed by atoms with Gasteiger partial charge in [0.1, 0.15) is 0 Å². The smallest absolute Gasteiger partial charge is 0.0645 e. The van der Waals surface area contributed by atoms with Crippen LogP contribution in [0.4, 0.5) is 0 Å². The van der Waals surface area contributed by atoms with Crippen molar-refractivity contribution in [3.8, 4) is 0 Å². The first-order valence-electron chi connectivity index (χ1n) is 7.63. The highest BCUT2D eigenvalue weighted by molar-refractivity contribution is 5.83. The van der Waals surface area contributed by atoms with E-state index in [0.29, 0.717) is 0 Å². The number of rotatable bonds is 3. The fourth-order valence-electron chi connectivity index (χ4n) is 3.01. The van der Waals surface area contributed by atoms with Crippen molar-refractivity contribution in [3.05, 3.63) is 48.0 Å². The third kappa shape index (κ3) is 3.10. The predicted molar refractivity (Wildman–Crippen MR) is 87.3 cm³/mol. The van der Waals surface area contributed by atoms with Gasteiger partial charge < -0.3 is 10.5 Å². The van der Waals surface area contributed by atoms with Crippen LogP contribution in [0.3, 0.4) is 0 Å². The van der Waals surface area contributed by atoms with E-state index in [-0.39, 0.29) is 11.6 Å². The molecule has 0 aromatic heterocycles. The van der Waals surface area contributed by atoms with Crippen LogP contribution in [0.15, 0.2) is 42.5 Å². The molecular formula is C18H24N2O. The Hall–Kier alpha value is -1.42. The van der Waals surface area contributed by atoms with Crippen LogP contribution >= 0.6 is 0 Å². The Kier molecular flexibility index (Phi) is 3.98. The number of fused-ring (bicyclic) bond motifs is 1. The lowest BCUT2D eigenvalue weighted by molar-refractivity contribution is -0.0531. The Morgan fingerprint density at radius 2 is 1.95 bits per heavy atom. The van der Waals surface area contributed by atoms with E-state index in [1.54, 1.807) is 0 Å². The van der Waals surface area contributed by atoms with Gasteiger partial charge in [0.25, 0.3) is 0 Å². The highest BCUT2D eigenvalue weighted by atomic mass is 16.5. The van der Waals surface area contributed by atoms with Crippen LogP contribution in [0.25, 0.3) is 10.8 Å². The van der Waals surface area contributed by atoms with Crippen molar-refractivity contribution in [2.75, 3.05) is 26.3 Å².